The van der Waals surface area contributed by atoms with Crippen LogP contribution in [0.4, 0.5) is 0 Å². The minimum atomic E-state index is -3.47. The van der Waals surface area contributed by atoms with Gasteiger partial charge in [0.15, 0.2) is 9.84 Å². The van der Waals surface area contributed by atoms with Crippen molar-refractivity contribution in [2.24, 2.45) is 0 Å². The lowest BCUT2D eigenvalue weighted by Crippen LogP contribution is -2.26. The molecule has 0 spiro atoms. The predicted molar refractivity (Wildman–Crippen MR) is 119 cm³/mol. The topological polar surface area (TPSA) is 67.3 Å². The van der Waals surface area contributed by atoms with Crippen molar-refractivity contribution < 1.29 is 13.2 Å². The van der Waals surface area contributed by atoms with Crippen molar-refractivity contribution in [2.45, 2.75) is 17.2 Å². The van der Waals surface area contributed by atoms with E-state index in [0.29, 0.717) is 17.7 Å². The fourth-order valence-corrected chi connectivity index (χ4v) is 5.59. The van der Waals surface area contributed by atoms with Gasteiger partial charge < -0.3 is 4.90 Å². The fourth-order valence-electron chi connectivity index (χ4n) is 3.21. The summed E-state index contributed by atoms with van der Waals surface area (Å²) in [5.74, 6) is -0.326. The molecule has 152 valence electrons. The zero-order valence-electron chi connectivity index (χ0n) is 16.4. The van der Waals surface area contributed by atoms with Crippen LogP contribution in [0.25, 0.3) is 10.2 Å². The number of carbonyl (C=O) groups excluding carboxylic acids is 1. The molecule has 0 radical (unpaired) electrons. The lowest BCUT2D eigenvalue weighted by atomic mass is 10.1. The summed E-state index contributed by atoms with van der Waals surface area (Å²) in [6.07, 6.45) is 0. The number of thiazole rings is 1. The molecule has 0 aliphatic carbocycles. The molecule has 4 rings (SSSR count). The number of carbonyl (C=O) groups is 1. The number of sulfone groups is 1. The third kappa shape index (κ3) is 4.42. The summed E-state index contributed by atoms with van der Waals surface area (Å²) < 4.78 is 26.4. The maximum Gasteiger partial charge on any atom is 0.253 e. The highest BCUT2D eigenvalue weighted by atomic mass is 32.2. The number of para-hydroxylation sites is 1. The van der Waals surface area contributed by atoms with E-state index in [1.54, 1.807) is 77.9 Å². The average Bonchev–Trinajstić information content (AvgIpc) is 3.16. The van der Waals surface area contributed by atoms with Gasteiger partial charge in [0.1, 0.15) is 5.01 Å². The Morgan fingerprint density at radius 3 is 2.47 bits per heavy atom. The molecule has 4 aromatic rings. The van der Waals surface area contributed by atoms with Gasteiger partial charge in [0.2, 0.25) is 0 Å². The molecule has 0 atom stereocenters. The van der Waals surface area contributed by atoms with Gasteiger partial charge in [-0.2, -0.15) is 0 Å². The van der Waals surface area contributed by atoms with Crippen molar-refractivity contribution in [2.75, 3.05) is 7.05 Å². The number of aromatic nitrogens is 1. The van der Waals surface area contributed by atoms with Crippen molar-refractivity contribution in [3.05, 3.63) is 95.0 Å². The molecule has 3 aromatic carbocycles. The number of nitrogens with zero attached hydrogens (tertiary/aromatic N) is 2. The Bertz CT molecular complexity index is 1270. The van der Waals surface area contributed by atoms with Crippen molar-refractivity contribution in [3.63, 3.8) is 0 Å². The fraction of sp³-hybridized carbons (Fsp3) is 0.130. The van der Waals surface area contributed by atoms with E-state index in [1.165, 1.54) is 0 Å². The zero-order valence-corrected chi connectivity index (χ0v) is 18.0. The third-order valence-electron chi connectivity index (χ3n) is 4.69. The SMILES string of the molecule is CN(Cc1nc2ccccc2s1)C(=O)c1cccc(CS(=O)(=O)c2ccccc2)c1. The molecule has 0 N–H and O–H groups in total. The Balaban J connectivity index is 1.50. The van der Waals surface area contributed by atoms with E-state index >= 15 is 0 Å². The minimum absolute atomic E-state index is 0.153. The van der Waals surface area contributed by atoms with E-state index in [9.17, 15) is 13.2 Å². The molecule has 0 unspecified atom stereocenters. The molecular formula is C23H20N2O3S2. The number of fused-ring (bicyclic) bond motifs is 1. The predicted octanol–water partition coefficient (Wildman–Crippen LogP) is 4.54. The van der Waals surface area contributed by atoms with E-state index in [1.807, 2.05) is 24.3 Å². The van der Waals surface area contributed by atoms with Crippen LogP contribution in [0, 0.1) is 0 Å². The van der Waals surface area contributed by atoms with Crippen molar-refractivity contribution in [1.82, 2.24) is 9.88 Å². The molecule has 1 amide bonds. The van der Waals surface area contributed by atoms with Crippen LogP contribution in [0.15, 0.2) is 83.8 Å². The zero-order chi connectivity index (χ0) is 21.1. The average molecular weight is 437 g/mol. The van der Waals surface area contributed by atoms with Crippen LogP contribution in [0.1, 0.15) is 20.9 Å². The van der Waals surface area contributed by atoms with Crippen molar-refractivity contribution in [3.8, 4) is 0 Å². The normalized spacial score (nSPS) is 11.5. The molecule has 1 aromatic heterocycles. The summed E-state index contributed by atoms with van der Waals surface area (Å²) in [7, 11) is -1.75. The minimum Gasteiger partial charge on any atom is -0.335 e. The van der Waals surface area contributed by atoms with Crippen molar-refractivity contribution >= 4 is 37.3 Å². The standard InChI is InChI=1S/C23H20N2O3S2/c1-25(15-22-24-20-12-5-6-13-21(20)29-22)23(26)18-9-7-8-17(14-18)16-30(27,28)19-10-3-2-4-11-19/h2-14H,15-16H2,1H3. The number of amides is 1. The Labute approximate surface area is 179 Å². The first-order valence-corrected chi connectivity index (χ1v) is 11.9. The summed E-state index contributed by atoms with van der Waals surface area (Å²) in [6, 6.07) is 23.0. The summed E-state index contributed by atoms with van der Waals surface area (Å²) in [4.78, 5) is 19.4. The second kappa shape index (κ2) is 8.38. The van der Waals surface area contributed by atoms with Gasteiger partial charge in [-0.25, -0.2) is 13.4 Å². The van der Waals surface area contributed by atoms with Gasteiger partial charge in [-0.15, -0.1) is 11.3 Å². The molecule has 5 nitrogen and oxygen atoms in total. The lowest BCUT2D eigenvalue weighted by Gasteiger charge is -2.16. The van der Waals surface area contributed by atoms with E-state index in [0.717, 1.165) is 15.2 Å². The summed E-state index contributed by atoms with van der Waals surface area (Å²) in [6.45, 7) is 0.394. The largest absolute Gasteiger partial charge is 0.335 e. The van der Waals surface area contributed by atoms with Gasteiger partial charge in [-0.3, -0.25) is 4.79 Å². The van der Waals surface area contributed by atoms with Crippen LogP contribution in [-0.2, 0) is 22.1 Å². The maximum atomic E-state index is 12.9. The van der Waals surface area contributed by atoms with Gasteiger partial charge in [-0.1, -0.05) is 42.5 Å². The van der Waals surface area contributed by atoms with Crippen LogP contribution in [0.3, 0.4) is 0 Å². The van der Waals surface area contributed by atoms with E-state index < -0.39 is 9.84 Å². The summed E-state index contributed by atoms with van der Waals surface area (Å²) >= 11 is 1.56. The van der Waals surface area contributed by atoms with Gasteiger partial charge in [0.05, 0.1) is 27.4 Å². The van der Waals surface area contributed by atoms with Gasteiger partial charge >= 0.3 is 0 Å². The summed E-state index contributed by atoms with van der Waals surface area (Å²) in [5.41, 5.74) is 1.96. The third-order valence-corrected chi connectivity index (χ3v) is 7.42. The highest BCUT2D eigenvalue weighted by Gasteiger charge is 2.18. The number of hydrogen-bond acceptors (Lipinski definition) is 5. The number of rotatable bonds is 6. The lowest BCUT2D eigenvalue weighted by molar-refractivity contribution is 0.0785. The highest BCUT2D eigenvalue weighted by molar-refractivity contribution is 7.90. The first-order chi connectivity index (χ1) is 14.4. The molecule has 0 bridgehead atoms. The van der Waals surface area contributed by atoms with Gasteiger partial charge in [0.25, 0.3) is 5.91 Å². The van der Waals surface area contributed by atoms with Crippen LogP contribution in [-0.4, -0.2) is 31.3 Å². The van der Waals surface area contributed by atoms with Gasteiger partial charge in [0, 0.05) is 12.6 Å². The first kappa shape index (κ1) is 20.3. The second-order valence-electron chi connectivity index (χ2n) is 7.01. The van der Waals surface area contributed by atoms with Crippen LogP contribution >= 0.6 is 11.3 Å². The molecule has 0 saturated heterocycles. The molecule has 7 heteroatoms. The number of benzene rings is 3. The number of hydrogen-bond donors (Lipinski definition) is 0. The molecule has 1 heterocycles. The molecule has 0 fully saturated rings. The Hall–Kier alpha value is -3.03. The maximum absolute atomic E-state index is 12.9. The summed E-state index contributed by atoms with van der Waals surface area (Å²) in [5, 5.41) is 0.856. The molecule has 30 heavy (non-hydrogen) atoms. The second-order valence-corrected chi connectivity index (χ2v) is 10.1. The van der Waals surface area contributed by atoms with E-state index in [4.69, 9.17) is 0 Å². The first-order valence-electron chi connectivity index (χ1n) is 9.39. The van der Waals surface area contributed by atoms with Crippen molar-refractivity contribution in [1.29, 1.82) is 0 Å². The molecular weight excluding hydrogens is 416 g/mol. The Kier molecular flexibility index (Phi) is 5.65. The Morgan fingerprint density at radius 2 is 1.70 bits per heavy atom. The van der Waals surface area contributed by atoms with E-state index in [-0.39, 0.29) is 16.6 Å². The van der Waals surface area contributed by atoms with Crippen LogP contribution in [0.5, 0.6) is 0 Å². The molecule has 0 aliphatic rings. The monoisotopic (exact) mass is 436 g/mol. The Morgan fingerprint density at radius 1 is 0.967 bits per heavy atom. The molecule has 0 saturated carbocycles. The molecule has 0 aliphatic heterocycles. The van der Waals surface area contributed by atoms with Crippen LogP contribution in [0.2, 0.25) is 0 Å². The van der Waals surface area contributed by atoms with Crippen LogP contribution < -0.4 is 0 Å². The van der Waals surface area contributed by atoms with E-state index in [2.05, 4.69) is 4.98 Å². The van der Waals surface area contributed by atoms with Gasteiger partial charge in [-0.05, 0) is 42.0 Å². The quantitative estimate of drug-likeness (QED) is 0.445. The highest BCUT2D eigenvalue weighted by Crippen LogP contribution is 2.23. The smallest absolute Gasteiger partial charge is 0.253 e.